The number of Topliss-reactive ketones (excluding diaryl/α,β-unsaturated/α-hetero) is 1. The molecule has 10 heteroatoms. The summed E-state index contributed by atoms with van der Waals surface area (Å²) in [5, 5.41) is -0.181. The third-order valence-corrected chi connectivity index (χ3v) is 8.34. The smallest absolute Gasteiger partial charge is 0.185 e. The maximum absolute atomic E-state index is 13.3. The summed E-state index contributed by atoms with van der Waals surface area (Å²) < 4.78 is 55.0. The van der Waals surface area contributed by atoms with Gasteiger partial charge in [0.05, 0.1) is 4.90 Å². The maximum atomic E-state index is 13.3. The Kier molecular flexibility index (Phi) is 7.84. The van der Waals surface area contributed by atoms with Crippen molar-refractivity contribution in [1.82, 2.24) is 0 Å². The van der Waals surface area contributed by atoms with Gasteiger partial charge in [0.25, 0.3) is 0 Å². The van der Waals surface area contributed by atoms with Crippen LogP contribution < -0.4 is 4.74 Å². The van der Waals surface area contributed by atoms with E-state index in [0.29, 0.717) is 21.2 Å². The van der Waals surface area contributed by atoms with E-state index in [4.69, 9.17) is 27.9 Å². The summed E-state index contributed by atoms with van der Waals surface area (Å²) >= 11 is 11.9. The summed E-state index contributed by atoms with van der Waals surface area (Å²) in [5.74, 6) is -1.14. The molecule has 0 aliphatic rings. The summed E-state index contributed by atoms with van der Waals surface area (Å²) in [6.45, 7) is -0.481. The number of carbonyl (C=O) groups excluding carboxylic acids is 1. The minimum absolute atomic E-state index is 0.109. The highest BCUT2D eigenvalue weighted by Gasteiger charge is 2.31. The van der Waals surface area contributed by atoms with Gasteiger partial charge in [-0.3, -0.25) is 4.79 Å². The molecular formula is C23H20Cl2O6S2. The highest BCUT2D eigenvalue weighted by atomic mass is 35.5. The SMILES string of the molecule is CS(=O)(=O)c1ccc(OCC(=O)CS(=O)(=O)C(c2ccc(Cl)cc2)c2ccc(Cl)cc2)cc1. The molecule has 0 bridgehead atoms. The van der Waals surface area contributed by atoms with Crippen molar-refractivity contribution < 1.29 is 26.4 Å². The molecule has 0 unspecified atom stereocenters. The summed E-state index contributed by atoms with van der Waals surface area (Å²) in [7, 11) is -7.34. The van der Waals surface area contributed by atoms with Gasteiger partial charge >= 0.3 is 0 Å². The molecule has 0 N–H and O–H groups in total. The van der Waals surface area contributed by atoms with E-state index in [-0.39, 0.29) is 10.6 Å². The average Bonchev–Trinajstić information content (AvgIpc) is 2.74. The van der Waals surface area contributed by atoms with Crippen LogP contribution in [0.5, 0.6) is 5.75 Å². The lowest BCUT2D eigenvalue weighted by molar-refractivity contribution is -0.118. The van der Waals surface area contributed by atoms with E-state index in [2.05, 4.69) is 0 Å². The lowest BCUT2D eigenvalue weighted by Gasteiger charge is -2.19. The van der Waals surface area contributed by atoms with Gasteiger partial charge in [0, 0.05) is 16.3 Å². The van der Waals surface area contributed by atoms with E-state index < -0.39 is 43.1 Å². The minimum Gasteiger partial charge on any atom is -0.486 e. The lowest BCUT2D eigenvalue weighted by Crippen LogP contribution is -2.26. The van der Waals surface area contributed by atoms with Gasteiger partial charge in [-0.25, -0.2) is 16.8 Å². The number of ether oxygens (including phenoxy) is 1. The standard InChI is InChI=1S/C23H20Cl2O6S2/c1-32(27,28)22-12-10-21(11-13-22)31-14-20(26)15-33(29,30)23(16-2-6-18(24)7-3-16)17-4-8-19(25)9-5-17/h2-13,23H,14-15H2,1H3. The van der Waals surface area contributed by atoms with Crippen LogP contribution >= 0.6 is 23.2 Å². The van der Waals surface area contributed by atoms with Gasteiger partial charge in [-0.2, -0.15) is 0 Å². The summed E-state index contributed by atoms with van der Waals surface area (Å²) in [6.07, 6.45) is 1.08. The van der Waals surface area contributed by atoms with E-state index in [1.54, 1.807) is 48.5 Å². The molecule has 0 aromatic heterocycles. The van der Waals surface area contributed by atoms with Crippen molar-refractivity contribution in [2.75, 3.05) is 18.6 Å². The fourth-order valence-electron chi connectivity index (χ4n) is 3.18. The van der Waals surface area contributed by atoms with Crippen LogP contribution in [-0.4, -0.2) is 41.2 Å². The van der Waals surface area contributed by atoms with Crippen LogP contribution in [0.25, 0.3) is 0 Å². The van der Waals surface area contributed by atoms with Crippen molar-refractivity contribution in [2.24, 2.45) is 0 Å². The van der Waals surface area contributed by atoms with Crippen molar-refractivity contribution >= 4 is 48.7 Å². The number of ketones is 1. The van der Waals surface area contributed by atoms with Gasteiger partial charge in [-0.15, -0.1) is 0 Å². The summed E-state index contributed by atoms with van der Waals surface area (Å²) in [6, 6.07) is 18.2. The van der Waals surface area contributed by atoms with Gasteiger partial charge in [0.2, 0.25) is 0 Å². The van der Waals surface area contributed by atoms with Crippen LogP contribution in [0.3, 0.4) is 0 Å². The van der Waals surface area contributed by atoms with Crippen LogP contribution in [0, 0.1) is 0 Å². The summed E-state index contributed by atoms with van der Waals surface area (Å²) in [4.78, 5) is 12.6. The number of rotatable bonds is 9. The molecule has 0 amide bonds. The van der Waals surface area contributed by atoms with Crippen LogP contribution in [0.4, 0.5) is 0 Å². The monoisotopic (exact) mass is 526 g/mol. The Labute approximate surface area is 203 Å². The third kappa shape index (κ3) is 6.80. The van der Waals surface area contributed by atoms with Gasteiger partial charge in [-0.1, -0.05) is 47.5 Å². The van der Waals surface area contributed by atoms with Gasteiger partial charge in [0.15, 0.2) is 25.5 Å². The zero-order valence-electron chi connectivity index (χ0n) is 17.4. The first-order valence-electron chi connectivity index (χ1n) is 9.63. The number of benzene rings is 3. The molecule has 3 aromatic rings. The second-order valence-electron chi connectivity index (χ2n) is 7.36. The topological polar surface area (TPSA) is 94.6 Å². The van der Waals surface area contributed by atoms with Crippen molar-refractivity contribution in [1.29, 1.82) is 0 Å². The Balaban J connectivity index is 1.78. The van der Waals surface area contributed by atoms with Gasteiger partial charge < -0.3 is 4.74 Å². The van der Waals surface area contributed by atoms with E-state index in [0.717, 1.165) is 6.26 Å². The van der Waals surface area contributed by atoms with Crippen molar-refractivity contribution in [3.63, 3.8) is 0 Å². The molecule has 6 nitrogen and oxygen atoms in total. The second kappa shape index (κ2) is 10.3. The predicted octanol–water partition coefficient (Wildman–Crippen LogP) is 4.55. The molecule has 0 spiro atoms. The largest absolute Gasteiger partial charge is 0.486 e. The number of hydrogen-bond donors (Lipinski definition) is 0. The molecule has 33 heavy (non-hydrogen) atoms. The molecule has 0 heterocycles. The molecule has 174 valence electrons. The molecular weight excluding hydrogens is 507 g/mol. The van der Waals surface area contributed by atoms with E-state index >= 15 is 0 Å². The zero-order chi connectivity index (χ0) is 24.2. The Bertz CT molecular complexity index is 1290. The number of carbonyl (C=O) groups is 1. The Morgan fingerprint density at radius 2 is 1.24 bits per heavy atom. The molecule has 0 atom stereocenters. The first kappa shape index (κ1) is 25.2. The first-order valence-corrected chi connectivity index (χ1v) is 14.0. The maximum Gasteiger partial charge on any atom is 0.185 e. The quantitative estimate of drug-likeness (QED) is 0.405. The first-order chi connectivity index (χ1) is 15.5. The lowest BCUT2D eigenvalue weighted by atomic mass is 10.0. The minimum atomic E-state index is -3.98. The fourth-order valence-corrected chi connectivity index (χ4v) is 5.90. The van der Waals surface area contributed by atoms with Gasteiger partial charge in [-0.05, 0) is 59.7 Å². The predicted molar refractivity (Wildman–Crippen MR) is 129 cm³/mol. The average molecular weight is 527 g/mol. The normalized spacial score (nSPS) is 12.0. The van der Waals surface area contributed by atoms with Crippen molar-refractivity contribution in [3.05, 3.63) is 94.0 Å². The van der Waals surface area contributed by atoms with Crippen molar-refractivity contribution in [2.45, 2.75) is 10.1 Å². The molecule has 0 aliphatic heterocycles. The Morgan fingerprint density at radius 3 is 1.67 bits per heavy atom. The van der Waals surface area contributed by atoms with Crippen LogP contribution in [-0.2, 0) is 24.5 Å². The molecule has 0 aliphatic carbocycles. The molecule has 3 rings (SSSR count). The van der Waals surface area contributed by atoms with E-state index in [1.165, 1.54) is 24.3 Å². The molecule has 3 aromatic carbocycles. The molecule has 0 radical (unpaired) electrons. The zero-order valence-corrected chi connectivity index (χ0v) is 20.6. The number of halogens is 2. The summed E-state index contributed by atoms with van der Waals surface area (Å²) in [5.41, 5.74) is 0.929. The molecule has 0 saturated heterocycles. The highest BCUT2D eigenvalue weighted by Crippen LogP contribution is 2.32. The van der Waals surface area contributed by atoms with Crippen molar-refractivity contribution in [3.8, 4) is 5.75 Å². The fraction of sp³-hybridized carbons (Fsp3) is 0.174. The molecule has 0 fully saturated rings. The molecule has 0 saturated carbocycles. The van der Waals surface area contributed by atoms with Crippen LogP contribution in [0.2, 0.25) is 10.0 Å². The Morgan fingerprint density at radius 1 is 0.788 bits per heavy atom. The number of hydrogen-bond acceptors (Lipinski definition) is 6. The van der Waals surface area contributed by atoms with E-state index in [9.17, 15) is 21.6 Å². The third-order valence-electron chi connectivity index (χ3n) is 4.72. The Hall–Kier alpha value is -2.39. The van der Waals surface area contributed by atoms with Gasteiger partial charge in [0.1, 0.15) is 23.4 Å². The van der Waals surface area contributed by atoms with Crippen LogP contribution in [0.1, 0.15) is 16.4 Å². The second-order valence-corrected chi connectivity index (χ2v) is 12.3. The van der Waals surface area contributed by atoms with E-state index in [1.807, 2.05) is 0 Å². The highest BCUT2D eigenvalue weighted by molar-refractivity contribution is 7.92. The van der Waals surface area contributed by atoms with Crippen LogP contribution in [0.15, 0.2) is 77.7 Å². The number of sulfone groups is 2.